The van der Waals surface area contributed by atoms with Gasteiger partial charge in [-0.2, -0.15) is 4.98 Å². The first kappa shape index (κ1) is 17.6. The summed E-state index contributed by atoms with van der Waals surface area (Å²) in [6.45, 7) is 1.63. The number of benzene rings is 1. The molecule has 2 aromatic rings. The van der Waals surface area contributed by atoms with Crippen molar-refractivity contribution in [1.29, 1.82) is 0 Å². The summed E-state index contributed by atoms with van der Waals surface area (Å²) >= 11 is 0. The summed E-state index contributed by atoms with van der Waals surface area (Å²) in [6, 6.07) is 9.65. The summed E-state index contributed by atoms with van der Waals surface area (Å²) in [5, 5.41) is 3.86. The molecule has 1 aliphatic carbocycles. The van der Waals surface area contributed by atoms with Crippen molar-refractivity contribution in [2.45, 2.75) is 43.5 Å². The molecule has 2 fully saturated rings. The first-order chi connectivity index (χ1) is 12.6. The van der Waals surface area contributed by atoms with Crippen LogP contribution in [0.1, 0.15) is 31.5 Å². The monoisotopic (exact) mass is 377 g/mol. The van der Waals surface area contributed by atoms with Gasteiger partial charge >= 0.3 is 0 Å². The van der Waals surface area contributed by atoms with Gasteiger partial charge in [0.15, 0.2) is 5.82 Å². The molecule has 4 rings (SSSR count). The first-order valence-electron chi connectivity index (χ1n) is 9.11. The third-order valence-corrected chi connectivity index (χ3v) is 7.27. The molecule has 0 amide bonds. The van der Waals surface area contributed by atoms with E-state index in [4.69, 9.17) is 9.26 Å². The van der Waals surface area contributed by atoms with Crippen molar-refractivity contribution in [2.24, 2.45) is 0 Å². The number of rotatable bonds is 7. The van der Waals surface area contributed by atoms with Gasteiger partial charge in [-0.25, -0.2) is 12.7 Å². The van der Waals surface area contributed by atoms with Crippen LogP contribution < -0.4 is 0 Å². The zero-order chi connectivity index (χ0) is 18.0. The molecule has 7 nitrogen and oxygen atoms in total. The zero-order valence-corrected chi connectivity index (χ0v) is 15.4. The molecule has 0 unspecified atom stereocenters. The van der Waals surface area contributed by atoms with Gasteiger partial charge in [0.25, 0.3) is 5.89 Å². The van der Waals surface area contributed by atoms with Crippen molar-refractivity contribution >= 4 is 10.0 Å². The third kappa shape index (κ3) is 3.97. The predicted octanol–water partition coefficient (Wildman–Crippen LogP) is 2.25. The highest BCUT2D eigenvalue weighted by atomic mass is 32.2. The van der Waals surface area contributed by atoms with Crippen LogP contribution in [0.2, 0.25) is 0 Å². The minimum absolute atomic E-state index is 0.0983. The van der Waals surface area contributed by atoms with E-state index in [1.165, 1.54) is 0 Å². The van der Waals surface area contributed by atoms with Gasteiger partial charge < -0.3 is 9.26 Å². The molecule has 1 aliphatic heterocycles. The fourth-order valence-electron chi connectivity index (χ4n) is 3.20. The van der Waals surface area contributed by atoms with Gasteiger partial charge in [-0.1, -0.05) is 23.4 Å². The number of hydrogen-bond acceptors (Lipinski definition) is 6. The zero-order valence-electron chi connectivity index (χ0n) is 14.6. The van der Waals surface area contributed by atoms with E-state index in [1.807, 2.05) is 30.3 Å². The molecule has 1 aromatic heterocycles. The SMILES string of the molecule is O=S(=O)(C1CC1)N1CCC(OCCc2noc(-c3ccccc3)n2)CC1. The van der Waals surface area contributed by atoms with Gasteiger partial charge in [0.2, 0.25) is 10.0 Å². The lowest BCUT2D eigenvalue weighted by molar-refractivity contribution is 0.0222. The normalized spacial score (nSPS) is 19.7. The van der Waals surface area contributed by atoms with Gasteiger partial charge in [-0.15, -0.1) is 0 Å². The molecule has 0 atom stereocenters. The molecule has 1 saturated heterocycles. The fourth-order valence-corrected chi connectivity index (χ4v) is 5.07. The number of sulfonamides is 1. The lowest BCUT2D eigenvalue weighted by Gasteiger charge is -2.31. The Kier molecular flexibility index (Phi) is 5.06. The quantitative estimate of drug-likeness (QED) is 0.736. The van der Waals surface area contributed by atoms with Crippen molar-refractivity contribution in [3.05, 3.63) is 36.2 Å². The molecule has 26 heavy (non-hydrogen) atoms. The maximum absolute atomic E-state index is 12.2. The molecule has 0 N–H and O–H groups in total. The Morgan fingerprint density at radius 1 is 1.12 bits per heavy atom. The van der Waals surface area contributed by atoms with E-state index in [2.05, 4.69) is 10.1 Å². The lowest BCUT2D eigenvalue weighted by Crippen LogP contribution is -2.42. The largest absolute Gasteiger partial charge is 0.378 e. The molecular weight excluding hydrogens is 354 g/mol. The molecule has 0 radical (unpaired) electrons. The van der Waals surface area contributed by atoms with Gasteiger partial charge in [-0.05, 0) is 37.8 Å². The highest BCUT2D eigenvalue weighted by Gasteiger charge is 2.41. The summed E-state index contributed by atoms with van der Waals surface area (Å²) < 4.78 is 37.3. The summed E-state index contributed by atoms with van der Waals surface area (Å²) in [5.74, 6) is 1.14. The van der Waals surface area contributed by atoms with Gasteiger partial charge in [0, 0.05) is 25.1 Å². The molecule has 8 heteroatoms. The van der Waals surface area contributed by atoms with Crippen LogP contribution in [0.3, 0.4) is 0 Å². The van der Waals surface area contributed by atoms with Gasteiger partial charge in [-0.3, -0.25) is 0 Å². The number of aromatic nitrogens is 2. The Bertz CT molecular complexity index is 825. The van der Waals surface area contributed by atoms with Crippen LogP contribution in [0.25, 0.3) is 11.5 Å². The lowest BCUT2D eigenvalue weighted by atomic mass is 10.1. The van der Waals surface area contributed by atoms with E-state index in [0.29, 0.717) is 37.8 Å². The van der Waals surface area contributed by atoms with Crippen LogP contribution in [-0.4, -0.2) is 53.9 Å². The Morgan fingerprint density at radius 2 is 1.85 bits per heavy atom. The molecule has 1 aromatic carbocycles. The standard InChI is InChI=1S/C18H23N3O4S/c22-26(23,16-6-7-16)21-11-8-15(9-12-21)24-13-10-17-19-18(25-20-17)14-4-2-1-3-5-14/h1-5,15-16H,6-13H2. The maximum atomic E-state index is 12.2. The Morgan fingerprint density at radius 3 is 2.54 bits per heavy atom. The minimum atomic E-state index is -3.05. The van der Waals surface area contributed by atoms with Crippen molar-refractivity contribution in [3.8, 4) is 11.5 Å². The Balaban J connectivity index is 1.22. The number of nitrogens with zero attached hydrogens (tertiary/aromatic N) is 3. The van der Waals surface area contributed by atoms with Crippen molar-refractivity contribution in [3.63, 3.8) is 0 Å². The van der Waals surface area contributed by atoms with E-state index in [9.17, 15) is 8.42 Å². The second kappa shape index (κ2) is 7.46. The highest BCUT2D eigenvalue weighted by Crippen LogP contribution is 2.32. The molecule has 140 valence electrons. The van der Waals surface area contributed by atoms with E-state index >= 15 is 0 Å². The summed E-state index contributed by atoms with van der Waals surface area (Å²) in [7, 11) is -3.05. The second-order valence-corrected chi connectivity index (χ2v) is 9.06. The Labute approximate surface area is 153 Å². The summed E-state index contributed by atoms with van der Waals surface area (Å²) in [6.07, 6.45) is 3.79. The van der Waals surface area contributed by atoms with Crippen LogP contribution in [0.15, 0.2) is 34.9 Å². The van der Waals surface area contributed by atoms with Gasteiger partial charge in [0.1, 0.15) is 0 Å². The van der Waals surface area contributed by atoms with Gasteiger partial charge in [0.05, 0.1) is 18.0 Å². The molecule has 0 bridgehead atoms. The van der Waals surface area contributed by atoms with Crippen LogP contribution in [-0.2, 0) is 21.2 Å². The third-order valence-electron chi connectivity index (χ3n) is 4.87. The topological polar surface area (TPSA) is 85.5 Å². The number of hydrogen-bond donors (Lipinski definition) is 0. The molecular formula is C18H23N3O4S. The van der Waals surface area contributed by atoms with Crippen molar-refractivity contribution in [1.82, 2.24) is 14.4 Å². The summed E-state index contributed by atoms with van der Waals surface area (Å²) in [4.78, 5) is 4.39. The predicted molar refractivity (Wildman–Crippen MR) is 95.9 cm³/mol. The van der Waals surface area contributed by atoms with Crippen LogP contribution in [0, 0.1) is 0 Å². The van der Waals surface area contributed by atoms with Crippen LogP contribution in [0.5, 0.6) is 0 Å². The first-order valence-corrected chi connectivity index (χ1v) is 10.6. The van der Waals surface area contributed by atoms with E-state index < -0.39 is 10.0 Å². The smallest absolute Gasteiger partial charge is 0.257 e. The average Bonchev–Trinajstić information content (AvgIpc) is 3.43. The maximum Gasteiger partial charge on any atom is 0.257 e. The van der Waals surface area contributed by atoms with E-state index in [1.54, 1.807) is 4.31 Å². The number of piperidine rings is 1. The van der Waals surface area contributed by atoms with Crippen LogP contribution >= 0.6 is 0 Å². The Hall–Kier alpha value is -1.77. The molecule has 0 spiro atoms. The molecule has 2 heterocycles. The van der Waals surface area contributed by atoms with Crippen LogP contribution in [0.4, 0.5) is 0 Å². The number of ether oxygens (including phenoxy) is 1. The molecule has 2 aliphatic rings. The van der Waals surface area contributed by atoms with Crippen molar-refractivity contribution in [2.75, 3.05) is 19.7 Å². The van der Waals surface area contributed by atoms with Crippen molar-refractivity contribution < 1.29 is 17.7 Å². The minimum Gasteiger partial charge on any atom is -0.378 e. The van der Waals surface area contributed by atoms with E-state index in [-0.39, 0.29) is 11.4 Å². The molecule has 1 saturated carbocycles. The second-order valence-electron chi connectivity index (χ2n) is 6.85. The van der Waals surface area contributed by atoms with E-state index in [0.717, 1.165) is 31.2 Å². The highest BCUT2D eigenvalue weighted by molar-refractivity contribution is 7.90. The fraction of sp³-hybridized carbons (Fsp3) is 0.556. The summed E-state index contributed by atoms with van der Waals surface area (Å²) in [5.41, 5.74) is 0.899. The average molecular weight is 377 g/mol.